The molecule has 0 atom stereocenters. The van der Waals surface area contributed by atoms with Crippen molar-refractivity contribution in [2.75, 3.05) is 0 Å². The van der Waals surface area contributed by atoms with Gasteiger partial charge >= 0.3 is 78.5 Å². The van der Waals surface area contributed by atoms with E-state index in [0.717, 1.165) is 0 Å². The van der Waals surface area contributed by atoms with Crippen LogP contribution >= 0.6 is 57.5 Å². The third kappa shape index (κ3) is 2.83. The SMILES string of the molecule is Cl[PH]1(Cl)N=CN[PH](Cl)(Cl)N1. The Labute approximate surface area is 78.5 Å². The molecule has 2 N–H and O–H groups in total. The van der Waals surface area contributed by atoms with Crippen LogP contribution in [0.15, 0.2) is 4.76 Å². The average molecular weight is 263 g/mol. The first-order valence-corrected chi connectivity index (χ1v) is 10.3. The third-order valence-electron chi connectivity index (χ3n) is 0.780. The van der Waals surface area contributed by atoms with Gasteiger partial charge in [0, 0.05) is 0 Å². The van der Waals surface area contributed by atoms with E-state index < -0.39 is 12.5 Å². The fraction of sp³-hybridized carbons (Fsp3) is 0. The van der Waals surface area contributed by atoms with Crippen molar-refractivity contribution < 1.29 is 0 Å². The second-order valence-corrected chi connectivity index (χ2v) is 13.3. The molecule has 0 amide bonds. The molecule has 0 aromatic carbocycles. The molecule has 1 heterocycles. The van der Waals surface area contributed by atoms with Crippen LogP contribution in [0.2, 0.25) is 0 Å². The number of rotatable bonds is 0. The van der Waals surface area contributed by atoms with Crippen molar-refractivity contribution in [1.29, 1.82) is 0 Å². The molecular weight excluding hydrogens is 258 g/mol. The van der Waals surface area contributed by atoms with Crippen LogP contribution < -0.4 is 9.95 Å². The van der Waals surface area contributed by atoms with E-state index in [1.54, 1.807) is 0 Å². The van der Waals surface area contributed by atoms with Gasteiger partial charge in [0.1, 0.15) is 0 Å². The minimum absolute atomic E-state index is 1.36. The predicted octanol–water partition coefficient (Wildman–Crippen LogP) is 2.98. The van der Waals surface area contributed by atoms with Crippen molar-refractivity contribution in [3.05, 3.63) is 0 Å². The van der Waals surface area contributed by atoms with Gasteiger partial charge in [-0.05, 0) is 0 Å². The second-order valence-electron chi connectivity index (χ2n) is 1.64. The molecule has 3 nitrogen and oxygen atoms in total. The monoisotopic (exact) mass is 261 g/mol. The van der Waals surface area contributed by atoms with E-state index in [2.05, 4.69) is 14.7 Å². The van der Waals surface area contributed by atoms with Gasteiger partial charge in [-0.3, -0.25) is 0 Å². The summed E-state index contributed by atoms with van der Waals surface area (Å²) >= 11 is 22.8. The Morgan fingerprint density at radius 2 is 1.80 bits per heavy atom. The molecule has 0 spiro atoms. The van der Waals surface area contributed by atoms with E-state index in [-0.39, 0.29) is 0 Å². The molecule has 1 aliphatic rings. The van der Waals surface area contributed by atoms with Gasteiger partial charge in [-0.1, -0.05) is 0 Å². The summed E-state index contributed by atoms with van der Waals surface area (Å²) in [7, 11) is 0. The maximum atomic E-state index is 5.71. The van der Waals surface area contributed by atoms with E-state index in [1.807, 2.05) is 0 Å². The molecule has 0 bridgehead atoms. The van der Waals surface area contributed by atoms with Crippen LogP contribution in [0.25, 0.3) is 0 Å². The van der Waals surface area contributed by atoms with Gasteiger partial charge < -0.3 is 0 Å². The molecule has 1 rings (SSSR count). The molecule has 9 heteroatoms. The van der Waals surface area contributed by atoms with Gasteiger partial charge in [-0.15, -0.1) is 0 Å². The van der Waals surface area contributed by atoms with E-state index in [0.29, 0.717) is 0 Å². The molecule has 10 heavy (non-hydrogen) atoms. The molecule has 62 valence electrons. The van der Waals surface area contributed by atoms with Gasteiger partial charge in [-0.25, -0.2) is 0 Å². The Hall–Kier alpha value is 1.45. The molecule has 0 aromatic rings. The summed E-state index contributed by atoms with van der Waals surface area (Å²) in [5.74, 6) is 0. The normalized spacial score (nSPS) is 34.0. The zero-order chi connectivity index (χ0) is 7.83. The van der Waals surface area contributed by atoms with Gasteiger partial charge in [0.25, 0.3) is 0 Å². The van der Waals surface area contributed by atoms with Crippen LogP contribution in [0.5, 0.6) is 0 Å². The van der Waals surface area contributed by atoms with Gasteiger partial charge in [0.2, 0.25) is 0 Å². The number of nitrogens with zero attached hydrogens (tertiary/aromatic N) is 1. The Morgan fingerprint density at radius 3 is 2.10 bits per heavy atom. The third-order valence-corrected chi connectivity index (χ3v) is 8.83. The molecule has 0 radical (unpaired) electrons. The Morgan fingerprint density at radius 1 is 1.20 bits per heavy atom. The number of halogens is 4. The predicted molar refractivity (Wildman–Crippen MR) is 54.8 cm³/mol. The summed E-state index contributed by atoms with van der Waals surface area (Å²) in [4.78, 5) is 2.66. The second kappa shape index (κ2) is 3.06. The van der Waals surface area contributed by atoms with Crippen molar-refractivity contribution >= 4 is 63.8 Å². The van der Waals surface area contributed by atoms with E-state index in [1.165, 1.54) is 6.34 Å². The maximum absolute atomic E-state index is 5.71. The van der Waals surface area contributed by atoms with Gasteiger partial charge in [-0.2, -0.15) is 0 Å². The van der Waals surface area contributed by atoms with Crippen LogP contribution in [0.3, 0.4) is 0 Å². The number of hydrogen-bond donors (Lipinski definition) is 2. The van der Waals surface area contributed by atoms with Crippen molar-refractivity contribution in [1.82, 2.24) is 9.95 Å². The minimum atomic E-state index is -2.73. The molecule has 0 unspecified atom stereocenters. The van der Waals surface area contributed by atoms with E-state index in [4.69, 9.17) is 45.0 Å². The Kier molecular flexibility index (Phi) is 2.92. The van der Waals surface area contributed by atoms with Crippen LogP contribution in [-0.4, -0.2) is 6.34 Å². The van der Waals surface area contributed by atoms with Gasteiger partial charge in [0.05, 0.1) is 0 Å². The first-order chi connectivity index (χ1) is 4.41. The van der Waals surface area contributed by atoms with Gasteiger partial charge in [0.15, 0.2) is 0 Å². The van der Waals surface area contributed by atoms with E-state index >= 15 is 0 Å². The van der Waals surface area contributed by atoms with Crippen molar-refractivity contribution in [3.8, 4) is 0 Å². The quantitative estimate of drug-likeness (QED) is 0.659. The van der Waals surface area contributed by atoms with Crippen LogP contribution in [-0.2, 0) is 0 Å². The summed E-state index contributed by atoms with van der Waals surface area (Å²) in [5.41, 5.74) is 0. The summed E-state index contributed by atoms with van der Waals surface area (Å²) in [6, 6.07) is 0. The van der Waals surface area contributed by atoms with Crippen LogP contribution in [0.1, 0.15) is 0 Å². The van der Waals surface area contributed by atoms with Crippen molar-refractivity contribution in [3.63, 3.8) is 0 Å². The first kappa shape index (κ1) is 9.54. The molecule has 0 fully saturated rings. The first-order valence-electron chi connectivity index (χ1n) is 2.28. The molecule has 0 saturated carbocycles. The summed E-state index contributed by atoms with van der Waals surface area (Å²) in [6.07, 6.45) is -4.00. The fourth-order valence-corrected chi connectivity index (χ4v) is 10.4. The molecule has 0 aromatic heterocycles. The molecule has 0 saturated heterocycles. The average Bonchev–Trinajstić information content (AvgIpc) is 1.56. The Bertz CT molecular complexity index is 168. The van der Waals surface area contributed by atoms with Crippen LogP contribution in [0, 0.1) is 0 Å². The summed E-state index contributed by atoms with van der Waals surface area (Å²) in [5, 5.41) is 2.65. The Balaban J connectivity index is 2.73. The zero-order valence-corrected chi connectivity index (χ0v) is 9.56. The fourth-order valence-electron chi connectivity index (χ4n) is 0.452. The molecular formula is CH5Cl4N3P2. The van der Waals surface area contributed by atoms with Crippen LogP contribution in [0.4, 0.5) is 0 Å². The summed E-state index contributed by atoms with van der Waals surface area (Å²) in [6.45, 7) is 0. The molecule has 0 aliphatic carbocycles. The molecule has 1 aliphatic heterocycles. The summed E-state index contributed by atoms with van der Waals surface area (Å²) < 4.78 is 3.75. The van der Waals surface area contributed by atoms with Crippen molar-refractivity contribution in [2.45, 2.75) is 0 Å². The zero-order valence-electron chi connectivity index (χ0n) is 4.54. The van der Waals surface area contributed by atoms with Crippen molar-refractivity contribution in [2.24, 2.45) is 4.76 Å². The topological polar surface area (TPSA) is 36.4 Å². The standard InChI is InChI=1S/CH5Cl4N3P2/c2-9(3)6-1-7-10(4,5)8-9/h1,8-10H,(H,6,7). The number of hydrogen-bond acceptors (Lipinski definition) is 3. The number of nitrogens with one attached hydrogen (secondary N) is 2. The van der Waals surface area contributed by atoms with E-state index in [9.17, 15) is 0 Å².